The van der Waals surface area contributed by atoms with Crippen LogP contribution in [0, 0.1) is 10.1 Å². The van der Waals surface area contributed by atoms with E-state index >= 15 is 0 Å². The van der Waals surface area contributed by atoms with Crippen LogP contribution in [0.15, 0.2) is 79.0 Å². The van der Waals surface area contributed by atoms with Crippen molar-refractivity contribution in [2.24, 2.45) is 0 Å². The van der Waals surface area contributed by atoms with Crippen LogP contribution in [-0.4, -0.2) is 64.8 Å². The van der Waals surface area contributed by atoms with Crippen LogP contribution in [0.2, 0.25) is 5.28 Å². The number of hydrogen-bond acceptors (Lipinski definition) is 9. The molecule has 1 aromatic heterocycles. The van der Waals surface area contributed by atoms with Gasteiger partial charge in [-0.15, -0.1) is 13.2 Å². The molecular weight excluding hydrogens is 631 g/mol. The Hall–Kier alpha value is -4.69. The lowest BCUT2D eigenvalue weighted by Crippen LogP contribution is -2.46. The van der Waals surface area contributed by atoms with E-state index in [1.54, 1.807) is 0 Å². The van der Waals surface area contributed by atoms with Gasteiger partial charge in [0.2, 0.25) is 0 Å². The Kier molecular flexibility index (Phi) is 10.4. The fourth-order valence-electron chi connectivity index (χ4n) is 4.87. The van der Waals surface area contributed by atoms with Crippen LogP contribution in [0.25, 0.3) is 0 Å². The lowest BCUT2D eigenvalue weighted by atomic mass is 10.2. The Balaban J connectivity index is 1.02. The first-order chi connectivity index (χ1) is 22.0. The highest BCUT2D eigenvalue weighted by atomic mass is 35.5. The summed E-state index contributed by atoms with van der Waals surface area (Å²) in [6, 6.07) is 21.0. The summed E-state index contributed by atoms with van der Waals surface area (Å²) in [5.74, 6) is 0.655. The van der Waals surface area contributed by atoms with Crippen LogP contribution >= 0.6 is 11.6 Å². The second-order valence-electron chi connectivity index (χ2n) is 10.5. The third kappa shape index (κ3) is 9.17. The van der Waals surface area contributed by atoms with E-state index in [2.05, 4.69) is 19.5 Å². The number of piperazine rings is 1. The number of benzene rings is 3. The van der Waals surface area contributed by atoms with Crippen molar-refractivity contribution >= 4 is 28.8 Å². The van der Waals surface area contributed by atoms with Crippen LogP contribution in [-0.2, 0) is 13.2 Å². The summed E-state index contributed by atoms with van der Waals surface area (Å²) in [7, 11) is 0. The molecule has 1 fully saturated rings. The minimum Gasteiger partial charge on any atom is -0.491 e. The van der Waals surface area contributed by atoms with Gasteiger partial charge < -0.3 is 39.2 Å². The van der Waals surface area contributed by atoms with Crippen LogP contribution in [0.5, 0.6) is 17.2 Å². The molecule has 5 rings (SSSR count). The molecular formula is C31H31ClF3N5O6. The first-order valence-corrected chi connectivity index (χ1v) is 14.8. The average Bonchev–Trinajstić information content (AvgIpc) is 3.43. The summed E-state index contributed by atoms with van der Waals surface area (Å²) in [5.41, 5.74) is 2.85. The van der Waals surface area contributed by atoms with Crippen LogP contribution < -0.4 is 24.0 Å². The van der Waals surface area contributed by atoms with Crippen LogP contribution in [0.3, 0.4) is 0 Å². The molecule has 1 N–H and O–H groups in total. The molecule has 11 nitrogen and oxygen atoms in total. The highest BCUT2D eigenvalue weighted by Gasteiger charge is 2.31. The van der Waals surface area contributed by atoms with Crippen molar-refractivity contribution in [2.75, 3.05) is 42.6 Å². The van der Waals surface area contributed by atoms with Gasteiger partial charge in [0.1, 0.15) is 36.7 Å². The third-order valence-electron chi connectivity index (χ3n) is 7.29. The molecule has 1 aliphatic heterocycles. The number of ether oxygens (including phenoxy) is 3. The SMILES string of the molecule is O=[N+]([O-])c1cn(CC[C@@H](O)COc2ccc(N3CCN(c4ccc(OCc5ccc(OC(F)(F)F)cc5)cc4)CC3)cc2)c(Cl)n1. The van der Waals surface area contributed by atoms with Gasteiger partial charge in [-0.25, -0.2) is 0 Å². The predicted molar refractivity (Wildman–Crippen MR) is 165 cm³/mol. The standard InChI is InChI=1S/C31H31ClF3N5O6/c32-30-36-29(40(42)43)19-39(30)14-13-25(41)21-45-27-11-5-24(6-12-27)38-17-15-37(16-18-38)23-3-9-26(10-4-23)44-20-22-1-7-28(8-2-22)46-31(33,34)35/h1-12,19,25,41H,13-18,20-21H2/t25-/m1/s1. The highest BCUT2D eigenvalue weighted by molar-refractivity contribution is 6.28. The summed E-state index contributed by atoms with van der Waals surface area (Å²) in [5, 5.41) is 21.1. The fourth-order valence-corrected chi connectivity index (χ4v) is 5.09. The molecule has 0 aliphatic carbocycles. The summed E-state index contributed by atoms with van der Waals surface area (Å²) < 4.78 is 53.8. The lowest BCUT2D eigenvalue weighted by Gasteiger charge is -2.37. The van der Waals surface area contributed by atoms with E-state index in [4.69, 9.17) is 21.1 Å². The molecule has 4 aromatic rings. The molecule has 0 bridgehead atoms. The first kappa shape index (κ1) is 32.7. The van der Waals surface area contributed by atoms with E-state index in [-0.39, 0.29) is 43.0 Å². The Morgan fingerprint density at radius 3 is 1.89 bits per heavy atom. The highest BCUT2D eigenvalue weighted by Crippen LogP contribution is 2.26. The van der Waals surface area contributed by atoms with E-state index in [9.17, 15) is 28.4 Å². The molecule has 2 heterocycles. The number of nitrogens with zero attached hydrogens (tertiary/aromatic N) is 5. The lowest BCUT2D eigenvalue weighted by molar-refractivity contribution is -0.389. The molecule has 0 radical (unpaired) electrons. The van der Waals surface area contributed by atoms with Crippen molar-refractivity contribution in [3.8, 4) is 17.2 Å². The fraction of sp³-hybridized carbons (Fsp3) is 0.323. The van der Waals surface area contributed by atoms with Gasteiger partial charge in [-0.1, -0.05) is 12.1 Å². The number of aromatic nitrogens is 2. The minimum absolute atomic E-state index is 0.00892. The molecule has 0 unspecified atom stereocenters. The number of nitro groups is 1. The van der Waals surface area contributed by atoms with Gasteiger partial charge in [-0.3, -0.25) is 4.57 Å². The normalized spacial score (nSPS) is 14.2. The van der Waals surface area contributed by atoms with Gasteiger partial charge >= 0.3 is 17.5 Å². The third-order valence-corrected chi connectivity index (χ3v) is 7.60. The smallest absolute Gasteiger partial charge is 0.491 e. The van der Waals surface area contributed by atoms with Crippen molar-refractivity contribution in [2.45, 2.75) is 32.0 Å². The predicted octanol–water partition coefficient (Wildman–Crippen LogP) is 6.08. The maximum absolute atomic E-state index is 12.3. The zero-order valence-electron chi connectivity index (χ0n) is 24.5. The van der Waals surface area contributed by atoms with Crippen LogP contribution in [0.4, 0.5) is 30.4 Å². The Labute approximate surface area is 267 Å². The van der Waals surface area contributed by atoms with Crippen LogP contribution in [0.1, 0.15) is 12.0 Å². The number of aliphatic hydroxyl groups excluding tert-OH is 1. The van der Waals surface area contributed by atoms with Crippen molar-refractivity contribution in [3.05, 3.63) is 100.0 Å². The summed E-state index contributed by atoms with van der Waals surface area (Å²) in [6.07, 6.45) is -4.00. The second kappa shape index (κ2) is 14.6. The van der Waals surface area contributed by atoms with Gasteiger partial charge in [0.15, 0.2) is 0 Å². The molecule has 0 amide bonds. The zero-order chi connectivity index (χ0) is 32.7. The summed E-state index contributed by atoms with van der Waals surface area (Å²) >= 11 is 5.91. The average molecular weight is 662 g/mol. The number of halogens is 4. The number of alkyl halides is 3. The van der Waals surface area contributed by atoms with E-state index in [1.165, 1.54) is 35.0 Å². The molecule has 1 atom stereocenters. The van der Waals surface area contributed by atoms with Gasteiger partial charge in [-0.05, 0) is 94.2 Å². The van der Waals surface area contributed by atoms with E-state index in [0.717, 1.165) is 43.1 Å². The minimum atomic E-state index is -4.72. The molecule has 15 heteroatoms. The number of aryl methyl sites for hydroxylation is 1. The largest absolute Gasteiger partial charge is 0.573 e. The molecule has 3 aromatic carbocycles. The second-order valence-corrected chi connectivity index (χ2v) is 10.9. The van der Waals surface area contributed by atoms with E-state index in [0.29, 0.717) is 11.5 Å². The van der Waals surface area contributed by atoms with E-state index < -0.39 is 17.4 Å². The Morgan fingerprint density at radius 2 is 1.39 bits per heavy atom. The number of rotatable bonds is 13. The number of hydrogen-bond donors (Lipinski definition) is 1. The molecule has 1 aliphatic rings. The molecule has 244 valence electrons. The quantitative estimate of drug-likeness (QED) is 0.134. The molecule has 0 saturated carbocycles. The van der Waals surface area contributed by atoms with E-state index in [1.807, 2.05) is 48.5 Å². The monoisotopic (exact) mass is 661 g/mol. The Morgan fingerprint density at radius 1 is 0.870 bits per heavy atom. The maximum Gasteiger partial charge on any atom is 0.573 e. The summed E-state index contributed by atoms with van der Waals surface area (Å²) in [6.45, 7) is 3.81. The Bertz CT molecular complexity index is 1580. The molecule has 1 saturated heterocycles. The molecule has 0 spiro atoms. The van der Waals surface area contributed by atoms with Crippen molar-refractivity contribution < 1.29 is 37.4 Å². The number of anilines is 2. The topological polar surface area (TPSA) is 115 Å². The van der Waals surface area contributed by atoms with Gasteiger partial charge in [0, 0.05) is 44.1 Å². The maximum atomic E-state index is 12.3. The van der Waals surface area contributed by atoms with Gasteiger partial charge in [0.05, 0.1) is 6.10 Å². The van der Waals surface area contributed by atoms with Crippen molar-refractivity contribution in [3.63, 3.8) is 0 Å². The van der Waals surface area contributed by atoms with Gasteiger partial charge in [-0.2, -0.15) is 0 Å². The zero-order valence-corrected chi connectivity index (χ0v) is 25.2. The molecule has 46 heavy (non-hydrogen) atoms. The first-order valence-electron chi connectivity index (χ1n) is 14.4. The van der Waals surface area contributed by atoms with Crippen molar-refractivity contribution in [1.82, 2.24) is 9.55 Å². The van der Waals surface area contributed by atoms with Gasteiger partial charge in [0.25, 0.3) is 0 Å². The number of imidazole rings is 1. The summed E-state index contributed by atoms with van der Waals surface area (Å²) in [4.78, 5) is 18.4. The van der Waals surface area contributed by atoms with Crippen molar-refractivity contribution in [1.29, 1.82) is 0 Å². The number of aliphatic hydroxyl groups is 1.